The second-order valence-corrected chi connectivity index (χ2v) is 2.80. The van der Waals surface area contributed by atoms with Gasteiger partial charge in [-0.15, -0.1) is 0 Å². The maximum atomic E-state index is 8.43. The molecule has 1 N–H and O–H groups in total. The molecule has 0 aromatic rings. The highest BCUT2D eigenvalue weighted by atomic mass is 16.5. The third-order valence-corrected chi connectivity index (χ3v) is 1.72. The Morgan fingerprint density at radius 3 is 3.25 bits per heavy atom. The van der Waals surface area contributed by atoms with Gasteiger partial charge in [-0.25, -0.2) is 0 Å². The molecule has 1 aliphatic heterocycles. The minimum Gasteiger partial charge on any atom is -0.373 e. The highest BCUT2D eigenvalue weighted by Crippen LogP contribution is 1.98. The van der Waals surface area contributed by atoms with E-state index in [1.54, 1.807) is 6.92 Å². The smallest absolute Gasteiger partial charge is 0.141 e. The van der Waals surface area contributed by atoms with Crippen molar-refractivity contribution < 1.29 is 9.47 Å². The summed E-state index contributed by atoms with van der Waals surface area (Å²) >= 11 is 0. The van der Waals surface area contributed by atoms with Crippen molar-refractivity contribution in [3.05, 3.63) is 0 Å². The molecule has 0 radical (unpaired) electrons. The summed E-state index contributed by atoms with van der Waals surface area (Å²) in [4.78, 5) is 0. The summed E-state index contributed by atoms with van der Waals surface area (Å²) in [6, 6.07) is 2.01. The number of hydrogen-bond acceptors (Lipinski definition) is 4. The van der Waals surface area contributed by atoms with Gasteiger partial charge in [0.15, 0.2) is 0 Å². The maximum Gasteiger partial charge on any atom is 0.141 e. The fraction of sp³-hybridized carbons (Fsp3) is 0.875. The molecule has 0 spiro atoms. The van der Waals surface area contributed by atoms with Crippen molar-refractivity contribution in [3.8, 4) is 6.07 Å². The van der Waals surface area contributed by atoms with E-state index in [1.807, 2.05) is 6.07 Å². The zero-order valence-electron chi connectivity index (χ0n) is 7.25. The molecule has 0 bridgehead atoms. The average molecular weight is 170 g/mol. The Hall–Kier alpha value is -0.630. The third-order valence-electron chi connectivity index (χ3n) is 1.72. The van der Waals surface area contributed by atoms with Crippen LogP contribution < -0.4 is 5.32 Å². The van der Waals surface area contributed by atoms with Gasteiger partial charge in [0.05, 0.1) is 25.4 Å². The molecule has 1 saturated heterocycles. The van der Waals surface area contributed by atoms with Crippen LogP contribution >= 0.6 is 0 Å². The van der Waals surface area contributed by atoms with Gasteiger partial charge in [-0.3, -0.25) is 0 Å². The topological polar surface area (TPSA) is 54.3 Å². The molecule has 1 heterocycles. The highest BCUT2D eigenvalue weighted by Gasteiger charge is 2.14. The molecule has 68 valence electrons. The summed E-state index contributed by atoms with van der Waals surface area (Å²) < 4.78 is 10.6. The summed E-state index contributed by atoms with van der Waals surface area (Å²) in [5.41, 5.74) is 0. The van der Waals surface area contributed by atoms with Crippen LogP contribution in [0.2, 0.25) is 0 Å². The van der Waals surface area contributed by atoms with E-state index in [2.05, 4.69) is 5.32 Å². The predicted octanol–water partition coefficient (Wildman–Crippen LogP) is -0.0965. The van der Waals surface area contributed by atoms with Crippen molar-refractivity contribution >= 4 is 0 Å². The zero-order chi connectivity index (χ0) is 8.81. The molecule has 1 rings (SSSR count). The average Bonchev–Trinajstić information content (AvgIpc) is 2.16. The third kappa shape index (κ3) is 3.18. The van der Waals surface area contributed by atoms with Gasteiger partial charge in [0, 0.05) is 13.1 Å². The van der Waals surface area contributed by atoms with Crippen LogP contribution in [-0.2, 0) is 9.47 Å². The molecule has 0 aromatic heterocycles. The Bertz CT molecular complexity index is 161. The normalized spacial score (nSPS) is 26.2. The number of nitrogens with one attached hydrogen (secondary N) is 1. The number of rotatable bonds is 3. The largest absolute Gasteiger partial charge is 0.373 e. The molecule has 2 atom stereocenters. The quantitative estimate of drug-likeness (QED) is 0.642. The van der Waals surface area contributed by atoms with Crippen LogP contribution in [0.4, 0.5) is 0 Å². The Balaban J connectivity index is 2.10. The van der Waals surface area contributed by atoms with Crippen LogP contribution in [0.5, 0.6) is 0 Å². The van der Waals surface area contributed by atoms with Crippen molar-refractivity contribution in [2.75, 3.05) is 26.3 Å². The van der Waals surface area contributed by atoms with Crippen LogP contribution in [0.1, 0.15) is 6.92 Å². The molecule has 0 aliphatic carbocycles. The molecule has 0 amide bonds. The van der Waals surface area contributed by atoms with Gasteiger partial charge in [0.1, 0.15) is 6.10 Å². The lowest BCUT2D eigenvalue weighted by Gasteiger charge is -2.23. The number of morpholine rings is 1. The van der Waals surface area contributed by atoms with Gasteiger partial charge in [-0.2, -0.15) is 5.26 Å². The predicted molar refractivity (Wildman–Crippen MR) is 43.6 cm³/mol. The molecule has 4 nitrogen and oxygen atoms in total. The fourth-order valence-corrected chi connectivity index (χ4v) is 1.02. The molecule has 1 aliphatic rings. The van der Waals surface area contributed by atoms with E-state index in [0.29, 0.717) is 6.61 Å². The molecular weight excluding hydrogens is 156 g/mol. The molecule has 1 fully saturated rings. The van der Waals surface area contributed by atoms with Gasteiger partial charge < -0.3 is 14.8 Å². The number of hydrogen-bond donors (Lipinski definition) is 1. The van der Waals surface area contributed by atoms with Gasteiger partial charge in [0.2, 0.25) is 0 Å². The van der Waals surface area contributed by atoms with E-state index >= 15 is 0 Å². The fourth-order valence-electron chi connectivity index (χ4n) is 1.02. The summed E-state index contributed by atoms with van der Waals surface area (Å²) in [6.45, 7) is 4.69. The highest BCUT2D eigenvalue weighted by molar-refractivity contribution is 4.80. The van der Waals surface area contributed by atoms with Crippen molar-refractivity contribution in [2.45, 2.75) is 19.1 Å². The van der Waals surface area contributed by atoms with Gasteiger partial charge in [-0.05, 0) is 6.92 Å². The summed E-state index contributed by atoms with van der Waals surface area (Å²) in [5, 5.41) is 11.6. The molecule has 12 heavy (non-hydrogen) atoms. The first-order valence-corrected chi connectivity index (χ1v) is 4.16. The van der Waals surface area contributed by atoms with E-state index in [9.17, 15) is 0 Å². The second kappa shape index (κ2) is 5.09. The minimum absolute atomic E-state index is 0.106. The van der Waals surface area contributed by atoms with E-state index in [-0.39, 0.29) is 12.2 Å². The first kappa shape index (κ1) is 9.46. The van der Waals surface area contributed by atoms with Crippen LogP contribution in [0.15, 0.2) is 0 Å². The summed E-state index contributed by atoms with van der Waals surface area (Å²) in [6.07, 6.45) is -0.231. The first-order valence-electron chi connectivity index (χ1n) is 4.16. The molecule has 0 aromatic carbocycles. The molecule has 0 saturated carbocycles. The van der Waals surface area contributed by atoms with Gasteiger partial charge >= 0.3 is 0 Å². The number of nitriles is 1. The Morgan fingerprint density at radius 1 is 1.83 bits per heavy atom. The monoisotopic (exact) mass is 170 g/mol. The van der Waals surface area contributed by atoms with Crippen molar-refractivity contribution in [3.63, 3.8) is 0 Å². The lowest BCUT2D eigenvalue weighted by molar-refractivity contribution is -0.0402. The van der Waals surface area contributed by atoms with E-state index < -0.39 is 0 Å². The maximum absolute atomic E-state index is 8.43. The number of ether oxygens (including phenoxy) is 2. The zero-order valence-corrected chi connectivity index (χ0v) is 7.25. The first-order chi connectivity index (χ1) is 5.83. The summed E-state index contributed by atoms with van der Waals surface area (Å²) in [5.74, 6) is 0. The molecular formula is C8H14N2O2. The lowest BCUT2D eigenvalue weighted by atomic mass is 10.3. The van der Waals surface area contributed by atoms with Crippen molar-refractivity contribution in [1.82, 2.24) is 5.32 Å². The standard InChI is InChI=1S/C8H14N2O2/c1-7(4-9)12-6-8-5-10-2-3-11-8/h7-8,10H,2-3,5-6H2,1H3. The van der Waals surface area contributed by atoms with Gasteiger partial charge in [-0.1, -0.05) is 0 Å². The van der Waals surface area contributed by atoms with Crippen LogP contribution in [0, 0.1) is 11.3 Å². The Morgan fingerprint density at radius 2 is 2.67 bits per heavy atom. The second-order valence-electron chi connectivity index (χ2n) is 2.80. The SMILES string of the molecule is CC(C#N)OCC1CNCCO1. The van der Waals surface area contributed by atoms with Crippen molar-refractivity contribution in [2.24, 2.45) is 0 Å². The number of nitrogens with zero attached hydrogens (tertiary/aromatic N) is 1. The lowest BCUT2D eigenvalue weighted by Crippen LogP contribution is -2.41. The Labute approximate surface area is 72.5 Å². The Kier molecular flexibility index (Phi) is 4.01. The van der Waals surface area contributed by atoms with E-state index in [0.717, 1.165) is 19.7 Å². The van der Waals surface area contributed by atoms with Crippen LogP contribution in [-0.4, -0.2) is 38.5 Å². The van der Waals surface area contributed by atoms with E-state index in [4.69, 9.17) is 14.7 Å². The van der Waals surface area contributed by atoms with Gasteiger partial charge in [0.25, 0.3) is 0 Å². The molecule has 4 heteroatoms. The van der Waals surface area contributed by atoms with Crippen LogP contribution in [0.3, 0.4) is 0 Å². The van der Waals surface area contributed by atoms with E-state index in [1.165, 1.54) is 0 Å². The minimum atomic E-state index is -0.337. The van der Waals surface area contributed by atoms with Crippen LogP contribution in [0.25, 0.3) is 0 Å². The molecule has 2 unspecified atom stereocenters. The summed E-state index contributed by atoms with van der Waals surface area (Å²) in [7, 11) is 0. The van der Waals surface area contributed by atoms with Crippen molar-refractivity contribution in [1.29, 1.82) is 5.26 Å².